The highest BCUT2D eigenvalue weighted by Gasteiger charge is 2.12. The van der Waals surface area contributed by atoms with Gasteiger partial charge in [-0.1, -0.05) is 37.3 Å². The molecule has 2 aromatic rings. The first-order valence-electron chi connectivity index (χ1n) is 7.48. The summed E-state index contributed by atoms with van der Waals surface area (Å²) in [5.41, 5.74) is 1.17. The number of ether oxygens (including phenoxy) is 2. The highest BCUT2D eigenvalue weighted by atomic mass is 16.5. The maximum atomic E-state index is 6.12. The lowest BCUT2D eigenvalue weighted by Gasteiger charge is -2.20. The maximum absolute atomic E-state index is 6.12. The van der Waals surface area contributed by atoms with Gasteiger partial charge in [-0.05, 0) is 43.3 Å². The predicted molar refractivity (Wildman–Crippen MR) is 86.0 cm³/mol. The van der Waals surface area contributed by atoms with Crippen LogP contribution < -0.4 is 14.8 Å². The molecule has 0 aliphatic heterocycles. The van der Waals surface area contributed by atoms with Crippen LogP contribution in [0.3, 0.4) is 0 Å². The van der Waals surface area contributed by atoms with Crippen LogP contribution in [0.15, 0.2) is 54.6 Å². The van der Waals surface area contributed by atoms with Crippen molar-refractivity contribution in [2.75, 3.05) is 19.7 Å². The lowest BCUT2D eigenvalue weighted by molar-refractivity contribution is 0.202. The molecule has 0 spiro atoms. The first-order valence-corrected chi connectivity index (χ1v) is 7.48. The first kappa shape index (κ1) is 15.4. The Kier molecular flexibility index (Phi) is 6.10. The molecule has 0 saturated carbocycles. The Morgan fingerprint density at radius 2 is 1.57 bits per heavy atom. The number of rotatable bonds is 8. The van der Waals surface area contributed by atoms with Gasteiger partial charge in [-0.2, -0.15) is 0 Å². The molecule has 1 unspecified atom stereocenters. The normalized spacial score (nSPS) is 11.9. The van der Waals surface area contributed by atoms with Gasteiger partial charge in [-0.15, -0.1) is 0 Å². The minimum atomic E-state index is 0.00379. The molecular formula is C18H23NO2. The minimum Gasteiger partial charge on any atom is -0.494 e. The lowest BCUT2D eigenvalue weighted by Crippen LogP contribution is -2.24. The fraction of sp³-hybridized carbons (Fsp3) is 0.333. The highest BCUT2D eigenvalue weighted by Crippen LogP contribution is 2.24. The Balaban J connectivity index is 2.07. The number of hydrogen-bond donors (Lipinski definition) is 1. The number of benzene rings is 2. The van der Waals surface area contributed by atoms with E-state index in [9.17, 15) is 0 Å². The van der Waals surface area contributed by atoms with Crippen molar-refractivity contribution in [2.45, 2.75) is 20.0 Å². The Labute approximate surface area is 126 Å². The third kappa shape index (κ3) is 4.80. The van der Waals surface area contributed by atoms with Crippen molar-refractivity contribution in [3.05, 3.63) is 60.2 Å². The van der Waals surface area contributed by atoms with E-state index in [2.05, 4.69) is 24.4 Å². The van der Waals surface area contributed by atoms with E-state index in [-0.39, 0.29) is 6.10 Å². The van der Waals surface area contributed by atoms with Crippen molar-refractivity contribution in [3.63, 3.8) is 0 Å². The molecule has 0 aromatic heterocycles. The van der Waals surface area contributed by atoms with Crippen molar-refractivity contribution in [2.24, 2.45) is 0 Å². The number of hydrogen-bond acceptors (Lipinski definition) is 3. The molecule has 0 aliphatic carbocycles. The monoisotopic (exact) mass is 285 g/mol. The van der Waals surface area contributed by atoms with Gasteiger partial charge < -0.3 is 14.8 Å². The first-order chi connectivity index (χ1) is 10.3. The van der Waals surface area contributed by atoms with Gasteiger partial charge >= 0.3 is 0 Å². The summed E-state index contributed by atoms with van der Waals surface area (Å²) in [5, 5.41) is 3.35. The van der Waals surface area contributed by atoms with Gasteiger partial charge in [0, 0.05) is 6.54 Å². The largest absolute Gasteiger partial charge is 0.494 e. The summed E-state index contributed by atoms with van der Waals surface area (Å²) < 4.78 is 11.6. The van der Waals surface area contributed by atoms with Gasteiger partial charge in [-0.3, -0.25) is 0 Å². The van der Waals surface area contributed by atoms with Crippen LogP contribution in [-0.2, 0) is 0 Å². The Hall–Kier alpha value is -2.00. The van der Waals surface area contributed by atoms with Gasteiger partial charge in [0.1, 0.15) is 17.6 Å². The fourth-order valence-corrected chi connectivity index (χ4v) is 2.12. The second-order valence-corrected chi connectivity index (χ2v) is 4.73. The molecule has 3 heteroatoms. The molecule has 0 bridgehead atoms. The second kappa shape index (κ2) is 8.32. The van der Waals surface area contributed by atoms with Crippen LogP contribution in [0.25, 0.3) is 0 Å². The third-order valence-corrected chi connectivity index (χ3v) is 3.16. The smallest absolute Gasteiger partial charge is 0.136 e. The van der Waals surface area contributed by atoms with Crippen LogP contribution in [0.1, 0.15) is 25.5 Å². The molecule has 0 aliphatic rings. The average Bonchev–Trinajstić information content (AvgIpc) is 2.54. The van der Waals surface area contributed by atoms with Gasteiger partial charge in [0.15, 0.2) is 0 Å². The van der Waals surface area contributed by atoms with Crippen LogP contribution in [0.5, 0.6) is 11.5 Å². The molecule has 0 fully saturated rings. The molecular weight excluding hydrogens is 262 g/mol. The number of likely N-dealkylation sites (N-methyl/N-ethyl adjacent to an activating group) is 1. The zero-order valence-corrected chi connectivity index (χ0v) is 12.7. The molecule has 0 heterocycles. The van der Waals surface area contributed by atoms with E-state index in [4.69, 9.17) is 9.47 Å². The maximum Gasteiger partial charge on any atom is 0.136 e. The quantitative estimate of drug-likeness (QED) is 0.800. The molecule has 2 aromatic carbocycles. The molecule has 3 nitrogen and oxygen atoms in total. The number of nitrogens with one attached hydrogen (secondary N) is 1. The third-order valence-electron chi connectivity index (χ3n) is 3.16. The van der Waals surface area contributed by atoms with Crippen LogP contribution in [0.4, 0.5) is 0 Å². The molecule has 0 saturated heterocycles. The zero-order chi connectivity index (χ0) is 14.9. The predicted octanol–water partition coefficient (Wildman–Crippen LogP) is 3.81. The molecule has 21 heavy (non-hydrogen) atoms. The minimum absolute atomic E-state index is 0.00379. The summed E-state index contributed by atoms with van der Waals surface area (Å²) in [6.07, 6.45) is 0.00379. The Morgan fingerprint density at radius 3 is 2.19 bits per heavy atom. The van der Waals surface area contributed by atoms with E-state index in [1.165, 1.54) is 5.56 Å². The van der Waals surface area contributed by atoms with Crippen LogP contribution in [-0.4, -0.2) is 19.7 Å². The molecule has 1 N–H and O–H groups in total. The second-order valence-electron chi connectivity index (χ2n) is 4.73. The summed E-state index contributed by atoms with van der Waals surface area (Å²) in [7, 11) is 0. The van der Waals surface area contributed by atoms with Gasteiger partial charge in [-0.25, -0.2) is 0 Å². The lowest BCUT2D eigenvalue weighted by atomic mass is 10.1. The van der Waals surface area contributed by atoms with Crippen LogP contribution in [0.2, 0.25) is 0 Å². The fourth-order valence-electron chi connectivity index (χ4n) is 2.12. The summed E-state index contributed by atoms with van der Waals surface area (Å²) >= 11 is 0. The van der Waals surface area contributed by atoms with E-state index in [1.54, 1.807) is 0 Å². The van der Waals surface area contributed by atoms with Gasteiger partial charge in [0.25, 0.3) is 0 Å². The van der Waals surface area contributed by atoms with Gasteiger partial charge in [0.2, 0.25) is 0 Å². The molecule has 0 amide bonds. The standard InChI is InChI=1S/C18H23NO2/c1-3-19-14-18(15-8-6-5-7-9-15)21-17-12-10-16(11-13-17)20-4-2/h5-13,18-19H,3-4,14H2,1-2H3. The van der Waals surface area contributed by atoms with Crippen molar-refractivity contribution in [1.29, 1.82) is 0 Å². The summed E-state index contributed by atoms with van der Waals surface area (Å²) in [5.74, 6) is 1.72. The van der Waals surface area contributed by atoms with Crippen molar-refractivity contribution in [1.82, 2.24) is 5.32 Å². The average molecular weight is 285 g/mol. The van der Waals surface area contributed by atoms with Crippen molar-refractivity contribution >= 4 is 0 Å². The van der Waals surface area contributed by atoms with E-state index in [0.29, 0.717) is 6.61 Å². The summed E-state index contributed by atoms with van der Waals surface area (Å²) in [4.78, 5) is 0. The van der Waals surface area contributed by atoms with E-state index >= 15 is 0 Å². The van der Waals surface area contributed by atoms with E-state index in [0.717, 1.165) is 24.6 Å². The molecule has 0 radical (unpaired) electrons. The van der Waals surface area contributed by atoms with E-state index < -0.39 is 0 Å². The van der Waals surface area contributed by atoms with Crippen molar-refractivity contribution < 1.29 is 9.47 Å². The summed E-state index contributed by atoms with van der Waals surface area (Å²) in [6.45, 7) is 6.46. The van der Waals surface area contributed by atoms with Crippen LogP contribution >= 0.6 is 0 Å². The van der Waals surface area contributed by atoms with E-state index in [1.807, 2.05) is 49.4 Å². The topological polar surface area (TPSA) is 30.5 Å². The SMILES string of the molecule is CCNCC(Oc1ccc(OCC)cc1)c1ccccc1. The molecule has 2 rings (SSSR count). The Morgan fingerprint density at radius 1 is 0.905 bits per heavy atom. The van der Waals surface area contributed by atoms with Crippen LogP contribution in [0, 0.1) is 0 Å². The highest BCUT2D eigenvalue weighted by molar-refractivity contribution is 5.32. The van der Waals surface area contributed by atoms with Gasteiger partial charge in [0.05, 0.1) is 6.61 Å². The van der Waals surface area contributed by atoms with Crippen molar-refractivity contribution in [3.8, 4) is 11.5 Å². The zero-order valence-electron chi connectivity index (χ0n) is 12.7. The molecule has 1 atom stereocenters. The Bertz CT molecular complexity index is 511. The molecule has 112 valence electrons. The summed E-state index contributed by atoms with van der Waals surface area (Å²) in [6, 6.07) is 18.1.